The van der Waals surface area contributed by atoms with E-state index in [2.05, 4.69) is 15.5 Å². The predicted octanol–water partition coefficient (Wildman–Crippen LogP) is 5.87. The van der Waals surface area contributed by atoms with E-state index in [-0.39, 0.29) is 16.6 Å². The molecule has 0 aliphatic rings. The SMILES string of the molecule is COc1cccc(-n2c(SCC(=O)Nc3ccccc3OC)nnc2-c2cn(S(=O)(=O)c3ccccc3)c3ccccc23)c1. The zero-order valence-corrected chi connectivity index (χ0v) is 25.4. The molecule has 0 bridgehead atoms. The van der Waals surface area contributed by atoms with Crippen LogP contribution in [0.4, 0.5) is 5.69 Å². The number of ether oxygens (including phenoxy) is 2. The summed E-state index contributed by atoms with van der Waals surface area (Å²) >= 11 is 1.20. The molecule has 2 aromatic heterocycles. The number of nitrogens with zero attached hydrogens (tertiary/aromatic N) is 4. The van der Waals surface area contributed by atoms with Crippen molar-refractivity contribution in [3.63, 3.8) is 0 Å². The summed E-state index contributed by atoms with van der Waals surface area (Å²) in [5.41, 5.74) is 2.29. The Labute approximate surface area is 258 Å². The molecule has 44 heavy (non-hydrogen) atoms. The van der Waals surface area contributed by atoms with Gasteiger partial charge in [-0.2, -0.15) is 0 Å². The van der Waals surface area contributed by atoms with Crippen molar-refractivity contribution < 1.29 is 22.7 Å². The molecule has 0 atom stereocenters. The average Bonchev–Trinajstić information content (AvgIpc) is 3.66. The lowest BCUT2D eigenvalue weighted by molar-refractivity contribution is -0.113. The maximum Gasteiger partial charge on any atom is 0.268 e. The third-order valence-electron chi connectivity index (χ3n) is 6.88. The Morgan fingerprint density at radius 1 is 0.864 bits per heavy atom. The van der Waals surface area contributed by atoms with E-state index >= 15 is 0 Å². The van der Waals surface area contributed by atoms with Crippen molar-refractivity contribution in [1.29, 1.82) is 0 Å². The number of methoxy groups -OCH3 is 2. The van der Waals surface area contributed by atoms with E-state index in [0.717, 1.165) is 0 Å². The summed E-state index contributed by atoms with van der Waals surface area (Å²) < 4.78 is 41.4. The van der Waals surface area contributed by atoms with Gasteiger partial charge in [0.1, 0.15) is 11.5 Å². The number of carbonyl (C=O) groups is 1. The first-order chi connectivity index (χ1) is 21.4. The van der Waals surface area contributed by atoms with E-state index in [1.165, 1.54) is 15.7 Å². The van der Waals surface area contributed by atoms with Gasteiger partial charge in [0.15, 0.2) is 11.0 Å². The van der Waals surface area contributed by atoms with Gasteiger partial charge in [-0.05, 0) is 42.5 Å². The summed E-state index contributed by atoms with van der Waals surface area (Å²) in [6.45, 7) is 0. The van der Waals surface area contributed by atoms with Crippen LogP contribution in [0.15, 0.2) is 119 Å². The van der Waals surface area contributed by atoms with Crippen LogP contribution in [0.25, 0.3) is 28.0 Å². The van der Waals surface area contributed by atoms with Gasteiger partial charge in [-0.3, -0.25) is 9.36 Å². The lowest BCUT2D eigenvalue weighted by Gasteiger charge is -2.12. The van der Waals surface area contributed by atoms with Crippen LogP contribution in [-0.4, -0.2) is 53.0 Å². The Kier molecular flexibility index (Phi) is 8.09. The largest absolute Gasteiger partial charge is 0.497 e. The number of hydrogen-bond donors (Lipinski definition) is 1. The fourth-order valence-electron chi connectivity index (χ4n) is 4.82. The van der Waals surface area contributed by atoms with Crippen LogP contribution in [-0.2, 0) is 14.8 Å². The number of thioether (sulfide) groups is 1. The van der Waals surface area contributed by atoms with Crippen LogP contribution in [0.5, 0.6) is 11.5 Å². The van der Waals surface area contributed by atoms with Crippen molar-refractivity contribution >= 4 is 44.3 Å². The molecular formula is C32H27N5O5S2. The highest BCUT2D eigenvalue weighted by molar-refractivity contribution is 7.99. The van der Waals surface area contributed by atoms with Crippen LogP contribution >= 0.6 is 11.8 Å². The molecule has 0 fully saturated rings. The van der Waals surface area contributed by atoms with E-state index in [4.69, 9.17) is 9.47 Å². The summed E-state index contributed by atoms with van der Waals surface area (Å²) in [6.07, 6.45) is 1.57. The van der Waals surface area contributed by atoms with Crippen LogP contribution in [0.3, 0.4) is 0 Å². The molecule has 12 heteroatoms. The first kappa shape index (κ1) is 29.0. The molecule has 1 N–H and O–H groups in total. The molecule has 6 rings (SSSR count). The number of benzene rings is 4. The zero-order valence-electron chi connectivity index (χ0n) is 23.7. The number of hydrogen-bond acceptors (Lipinski definition) is 8. The first-order valence-electron chi connectivity index (χ1n) is 13.5. The lowest BCUT2D eigenvalue weighted by atomic mass is 10.1. The number of amides is 1. The van der Waals surface area contributed by atoms with E-state index in [0.29, 0.717) is 50.3 Å². The fourth-order valence-corrected chi connectivity index (χ4v) is 6.96. The van der Waals surface area contributed by atoms with Crippen LogP contribution < -0.4 is 14.8 Å². The summed E-state index contributed by atoms with van der Waals surface area (Å²) in [7, 11) is -0.803. The van der Waals surface area contributed by atoms with Gasteiger partial charge < -0.3 is 14.8 Å². The normalized spacial score (nSPS) is 11.4. The minimum Gasteiger partial charge on any atom is -0.497 e. The van der Waals surface area contributed by atoms with Crippen LogP contribution in [0, 0.1) is 0 Å². The van der Waals surface area contributed by atoms with Gasteiger partial charge in [-0.1, -0.05) is 66.4 Å². The third-order valence-corrected chi connectivity index (χ3v) is 9.49. The monoisotopic (exact) mass is 625 g/mol. The van der Waals surface area contributed by atoms with Crippen molar-refractivity contribution in [2.75, 3.05) is 25.3 Å². The summed E-state index contributed by atoms with van der Waals surface area (Å²) in [5.74, 6) is 1.34. The number of nitrogens with one attached hydrogen (secondary N) is 1. The molecule has 4 aromatic carbocycles. The van der Waals surface area contributed by atoms with Crippen molar-refractivity contribution in [2.45, 2.75) is 10.1 Å². The molecule has 0 saturated carbocycles. The summed E-state index contributed by atoms with van der Waals surface area (Å²) in [6, 6.07) is 30.0. The number of carbonyl (C=O) groups excluding carboxylic acids is 1. The zero-order chi connectivity index (χ0) is 30.7. The predicted molar refractivity (Wildman–Crippen MR) is 170 cm³/mol. The Hall–Kier alpha value is -5.07. The number of aromatic nitrogens is 4. The summed E-state index contributed by atoms with van der Waals surface area (Å²) in [5, 5.41) is 12.9. The maximum atomic E-state index is 13.8. The second kappa shape index (κ2) is 12.3. The van der Waals surface area contributed by atoms with Gasteiger partial charge in [0.05, 0.1) is 41.8 Å². The summed E-state index contributed by atoms with van der Waals surface area (Å²) in [4.78, 5) is 13.1. The van der Waals surface area contributed by atoms with Gasteiger partial charge in [0, 0.05) is 23.2 Å². The molecule has 0 spiro atoms. The number of rotatable bonds is 10. The third kappa shape index (κ3) is 5.52. The Morgan fingerprint density at radius 3 is 2.41 bits per heavy atom. The highest BCUT2D eigenvalue weighted by Crippen LogP contribution is 2.36. The van der Waals surface area contributed by atoms with Gasteiger partial charge >= 0.3 is 0 Å². The van der Waals surface area contributed by atoms with Crippen molar-refractivity contribution in [2.24, 2.45) is 0 Å². The highest BCUT2D eigenvalue weighted by atomic mass is 32.2. The molecule has 0 aliphatic carbocycles. The Balaban J connectivity index is 1.43. The van der Waals surface area contributed by atoms with Crippen LogP contribution in [0.1, 0.15) is 0 Å². The van der Waals surface area contributed by atoms with Crippen molar-refractivity contribution in [3.8, 4) is 28.6 Å². The topological polar surface area (TPSA) is 117 Å². The maximum absolute atomic E-state index is 13.8. The molecule has 10 nitrogen and oxygen atoms in total. The van der Waals surface area contributed by atoms with Gasteiger partial charge in [-0.25, -0.2) is 12.4 Å². The number of fused-ring (bicyclic) bond motifs is 1. The molecule has 0 radical (unpaired) electrons. The minimum absolute atomic E-state index is 0.0320. The van der Waals surface area contributed by atoms with Gasteiger partial charge in [0.2, 0.25) is 5.91 Å². The lowest BCUT2D eigenvalue weighted by Crippen LogP contribution is -2.15. The highest BCUT2D eigenvalue weighted by Gasteiger charge is 2.26. The number of para-hydroxylation sites is 3. The van der Waals surface area contributed by atoms with E-state index < -0.39 is 10.0 Å². The van der Waals surface area contributed by atoms with Gasteiger partial charge in [0.25, 0.3) is 10.0 Å². The van der Waals surface area contributed by atoms with Crippen molar-refractivity contribution in [3.05, 3.63) is 109 Å². The molecule has 0 aliphatic heterocycles. The minimum atomic E-state index is -3.92. The molecule has 222 valence electrons. The quantitative estimate of drug-likeness (QED) is 0.188. The second-order valence-corrected chi connectivity index (χ2v) is 12.3. The molecule has 0 unspecified atom stereocenters. The van der Waals surface area contributed by atoms with Crippen molar-refractivity contribution in [1.82, 2.24) is 18.7 Å². The molecule has 0 saturated heterocycles. The first-order valence-corrected chi connectivity index (χ1v) is 15.9. The number of anilines is 1. The second-order valence-electron chi connectivity index (χ2n) is 9.55. The molecule has 6 aromatic rings. The Bertz CT molecular complexity index is 2070. The van der Waals surface area contributed by atoms with Gasteiger partial charge in [-0.15, -0.1) is 10.2 Å². The average molecular weight is 626 g/mol. The standard InChI is InChI=1S/C32H27N5O5S2/c1-41-23-12-10-11-22(19-23)37-31(34-35-32(37)43-21-30(38)33-27-16-7-9-18-29(27)42-2)26-20-36(28-17-8-6-15-25(26)28)44(39,40)24-13-4-3-5-14-24/h3-20H,21H2,1-2H3,(H,33,38). The fraction of sp³-hybridized carbons (Fsp3) is 0.0938. The van der Waals surface area contributed by atoms with E-state index in [1.54, 1.807) is 79.6 Å². The Morgan fingerprint density at radius 2 is 1.61 bits per heavy atom. The van der Waals surface area contributed by atoms with Crippen LogP contribution in [0.2, 0.25) is 0 Å². The smallest absolute Gasteiger partial charge is 0.268 e. The molecule has 1 amide bonds. The molecule has 2 heterocycles. The molecular weight excluding hydrogens is 599 g/mol. The van der Waals surface area contributed by atoms with E-state index in [9.17, 15) is 13.2 Å². The van der Waals surface area contributed by atoms with E-state index in [1.807, 2.05) is 48.5 Å².